The number of hydrogen-bond acceptors (Lipinski definition) is 6. The van der Waals surface area contributed by atoms with Gasteiger partial charge in [-0.25, -0.2) is 9.78 Å². The number of alkyl carbamates (subject to hydrolysis) is 1. The summed E-state index contributed by atoms with van der Waals surface area (Å²) in [4.78, 5) is 40.9. The Morgan fingerprint density at radius 2 is 1.73 bits per heavy atom. The molecule has 0 aliphatic rings. The molecule has 0 bridgehead atoms. The lowest BCUT2D eigenvalue weighted by Crippen LogP contribution is -2.33. The number of imidazole rings is 1. The van der Waals surface area contributed by atoms with E-state index in [4.69, 9.17) is 16.3 Å². The van der Waals surface area contributed by atoms with E-state index < -0.39 is 35.4 Å². The molecule has 11 nitrogen and oxygen atoms in total. The van der Waals surface area contributed by atoms with Crippen LogP contribution in [0.2, 0.25) is 5.02 Å². The van der Waals surface area contributed by atoms with Gasteiger partial charge in [0.15, 0.2) is 11.5 Å². The summed E-state index contributed by atoms with van der Waals surface area (Å²) in [6, 6.07) is 4.31. The number of benzene rings is 1. The molecule has 3 rings (SSSR count). The van der Waals surface area contributed by atoms with Gasteiger partial charge in [0, 0.05) is 32.0 Å². The number of anilines is 1. The average molecular weight is 598 g/mol. The molecule has 2 aromatic heterocycles. The van der Waals surface area contributed by atoms with Crippen molar-refractivity contribution in [1.82, 2.24) is 30.4 Å². The first-order chi connectivity index (χ1) is 19.2. The molecule has 0 atom stereocenters. The molecule has 0 fully saturated rings. The van der Waals surface area contributed by atoms with Gasteiger partial charge in [-0.3, -0.25) is 14.7 Å². The van der Waals surface area contributed by atoms with Gasteiger partial charge in [0.05, 0.1) is 28.0 Å². The van der Waals surface area contributed by atoms with E-state index in [9.17, 15) is 27.6 Å². The Balaban J connectivity index is 1.50. The van der Waals surface area contributed by atoms with Crippen LogP contribution in [0.5, 0.6) is 0 Å². The number of hydrogen-bond donors (Lipinski definition) is 4. The number of carbonyl (C=O) groups excluding carboxylic acids is 3. The molecule has 0 aliphatic heterocycles. The molecule has 0 saturated carbocycles. The first-order valence-electron chi connectivity index (χ1n) is 12.7. The molecular weight excluding hydrogens is 567 g/mol. The van der Waals surface area contributed by atoms with Gasteiger partial charge in [0.25, 0.3) is 11.8 Å². The summed E-state index contributed by atoms with van der Waals surface area (Å²) in [5.74, 6) is -1.23. The first kappa shape index (κ1) is 31.5. The number of unbranched alkanes of at least 4 members (excludes halogenated alkanes) is 2. The number of aromatic nitrogens is 4. The molecule has 15 heteroatoms. The zero-order chi connectivity index (χ0) is 30.4. The van der Waals surface area contributed by atoms with E-state index in [-0.39, 0.29) is 33.4 Å². The lowest BCUT2D eigenvalue weighted by Gasteiger charge is -2.19. The van der Waals surface area contributed by atoms with Gasteiger partial charge in [0.2, 0.25) is 0 Å². The Labute approximate surface area is 239 Å². The zero-order valence-electron chi connectivity index (χ0n) is 22.9. The maximum absolute atomic E-state index is 13.2. The molecule has 0 spiro atoms. The smallest absolute Gasteiger partial charge is 0.435 e. The number of alkyl halides is 3. The highest BCUT2D eigenvalue weighted by molar-refractivity contribution is 6.34. The van der Waals surface area contributed by atoms with Gasteiger partial charge in [-0.2, -0.15) is 18.3 Å². The van der Waals surface area contributed by atoms with Crippen LogP contribution in [0.25, 0.3) is 11.3 Å². The van der Waals surface area contributed by atoms with Crippen LogP contribution in [-0.2, 0) is 18.0 Å². The molecule has 3 aromatic rings. The summed E-state index contributed by atoms with van der Waals surface area (Å²) in [6.07, 6.45) is -0.772. The van der Waals surface area contributed by atoms with Crippen molar-refractivity contribution < 1.29 is 32.3 Å². The monoisotopic (exact) mass is 597 g/mol. The van der Waals surface area contributed by atoms with Crippen LogP contribution in [0.4, 0.5) is 23.7 Å². The van der Waals surface area contributed by atoms with Crippen molar-refractivity contribution in [2.45, 2.75) is 51.8 Å². The van der Waals surface area contributed by atoms with Crippen molar-refractivity contribution in [2.75, 3.05) is 18.4 Å². The van der Waals surface area contributed by atoms with Crippen LogP contribution >= 0.6 is 11.6 Å². The van der Waals surface area contributed by atoms with Crippen molar-refractivity contribution in [3.05, 3.63) is 52.7 Å². The van der Waals surface area contributed by atoms with Crippen molar-refractivity contribution in [2.24, 2.45) is 7.05 Å². The Hall–Kier alpha value is -4.07. The third-order valence-electron chi connectivity index (χ3n) is 5.66. The minimum atomic E-state index is -4.69. The number of aromatic amines is 1. The van der Waals surface area contributed by atoms with Crippen LogP contribution in [0.1, 0.15) is 66.7 Å². The second kappa shape index (κ2) is 13.1. The third-order valence-corrected chi connectivity index (χ3v) is 5.97. The predicted molar refractivity (Wildman–Crippen MR) is 146 cm³/mol. The largest absolute Gasteiger partial charge is 0.444 e. The number of amides is 3. The maximum atomic E-state index is 13.2. The van der Waals surface area contributed by atoms with E-state index in [0.29, 0.717) is 25.9 Å². The summed E-state index contributed by atoms with van der Waals surface area (Å²) >= 11 is 6.27. The summed E-state index contributed by atoms with van der Waals surface area (Å²) in [5, 5.41) is 13.6. The number of nitrogens with one attached hydrogen (secondary N) is 4. The Morgan fingerprint density at radius 1 is 1.05 bits per heavy atom. The Kier molecular flexibility index (Phi) is 10.0. The minimum absolute atomic E-state index is 0.0422. The topological polar surface area (TPSA) is 143 Å². The molecular formula is C26H31ClF3N7O4. The Bertz CT molecular complexity index is 1400. The van der Waals surface area contributed by atoms with E-state index in [2.05, 4.69) is 31.1 Å². The minimum Gasteiger partial charge on any atom is -0.444 e. The molecule has 41 heavy (non-hydrogen) atoms. The standard InChI is InChI=1S/C26H31ClF3N7O4/c1-25(2,3)41-24(40)32-11-7-5-6-10-31-22(38)16-9-8-15(12-18(16)27)35-23(39)21-33-14-19(37(21)4)17-13-34-36-20(17)26(28,29)30/h8-9,12-14H,5-7,10-11H2,1-4H3,(H,31,38)(H,32,40)(H,34,36)(H,35,39). The van der Waals surface area contributed by atoms with Gasteiger partial charge in [-0.15, -0.1) is 0 Å². The summed E-state index contributed by atoms with van der Waals surface area (Å²) in [6.45, 7) is 6.21. The number of carbonyl (C=O) groups is 3. The first-order valence-corrected chi connectivity index (χ1v) is 13.0. The fraction of sp³-hybridized carbons (Fsp3) is 0.423. The van der Waals surface area contributed by atoms with Crippen LogP contribution in [-0.4, -0.2) is 56.3 Å². The highest BCUT2D eigenvalue weighted by Gasteiger charge is 2.37. The molecule has 1 aromatic carbocycles. The molecule has 4 N–H and O–H groups in total. The lowest BCUT2D eigenvalue weighted by atomic mass is 10.1. The summed E-state index contributed by atoms with van der Waals surface area (Å²) in [7, 11) is 1.41. The SMILES string of the molecule is Cn1c(-c2c[nH]nc2C(F)(F)F)cnc1C(=O)Nc1ccc(C(=O)NCCCCCNC(=O)OC(C)(C)C)c(Cl)c1. The molecule has 2 heterocycles. The quantitative estimate of drug-likeness (QED) is 0.238. The van der Waals surface area contributed by atoms with Gasteiger partial charge in [0.1, 0.15) is 5.60 Å². The fourth-order valence-corrected chi connectivity index (χ4v) is 4.03. The highest BCUT2D eigenvalue weighted by Crippen LogP contribution is 2.35. The van der Waals surface area contributed by atoms with E-state index in [1.165, 1.54) is 29.8 Å². The number of rotatable bonds is 10. The van der Waals surface area contributed by atoms with E-state index in [1.807, 2.05) is 0 Å². The summed E-state index contributed by atoms with van der Waals surface area (Å²) in [5.41, 5.74) is -1.42. The van der Waals surface area contributed by atoms with Crippen molar-refractivity contribution >= 4 is 35.2 Å². The fourth-order valence-electron chi connectivity index (χ4n) is 3.76. The highest BCUT2D eigenvalue weighted by atomic mass is 35.5. The van der Waals surface area contributed by atoms with Gasteiger partial charge in [-0.1, -0.05) is 11.6 Å². The van der Waals surface area contributed by atoms with Crippen LogP contribution in [0, 0.1) is 0 Å². The molecule has 3 amide bonds. The lowest BCUT2D eigenvalue weighted by molar-refractivity contribution is -0.140. The second-order valence-electron chi connectivity index (χ2n) is 10.1. The predicted octanol–water partition coefficient (Wildman–Crippen LogP) is 5.16. The van der Waals surface area contributed by atoms with E-state index in [1.54, 1.807) is 20.8 Å². The number of ether oxygens (including phenoxy) is 1. The Morgan fingerprint density at radius 3 is 2.37 bits per heavy atom. The molecule has 0 aliphatic carbocycles. The molecule has 222 valence electrons. The third kappa shape index (κ3) is 8.71. The van der Waals surface area contributed by atoms with E-state index >= 15 is 0 Å². The molecule has 0 saturated heterocycles. The van der Waals surface area contributed by atoms with E-state index in [0.717, 1.165) is 18.8 Å². The van der Waals surface area contributed by atoms with Crippen molar-refractivity contribution in [1.29, 1.82) is 0 Å². The molecule has 0 radical (unpaired) electrons. The molecule has 0 unspecified atom stereocenters. The normalized spacial score (nSPS) is 11.7. The summed E-state index contributed by atoms with van der Waals surface area (Å²) < 4.78 is 46.1. The van der Waals surface area contributed by atoms with Gasteiger partial charge < -0.3 is 25.3 Å². The number of halogens is 4. The van der Waals surface area contributed by atoms with Crippen LogP contribution in [0.15, 0.2) is 30.6 Å². The van der Waals surface area contributed by atoms with Gasteiger partial charge in [-0.05, 0) is 58.2 Å². The average Bonchev–Trinajstić information content (AvgIpc) is 3.49. The van der Waals surface area contributed by atoms with Gasteiger partial charge >= 0.3 is 12.3 Å². The number of H-pyrrole nitrogens is 1. The van der Waals surface area contributed by atoms with Crippen molar-refractivity contribution in [3.63, 3.8) is 0 Å². The second-order valence-corrected chi connectivity index (χ2v) is 10.5. The number of nitrogens with zero attached hydrogens (tertiary/aromatic N) is 3. The van der Waals surface area contributed by atoms with Crippen LogP contribution < -0.4 is 16.0 Å². The van der Waals surface area contributed by atoms with Crippen molar-refractivity contribution in [3.8, 4) is 11.3 Å². The zero-order valence-corrected chi connectivity index (χ0v) is 23.7. The maximum Gasteiger partial charge on any atom is 0.435 e. The van der Waals surface area contributed by atoms with Crippen LogP contribution in [0.3, 0.4) is 0 Å².